The van der Waals surface area contributed by atoms with Gasteiger partial charge in [0.05, 0.1) is 23.4 Å². The van der Waals surface area contributed by atoms with Crippen molar-refractivity contribution in [2.75, 3.05) is 6.61 Å². The number of carbonyl (C=O) groups is 3. The van der Waals surface area contributed by atoms with Crippen LogP contribution in [0.2, 0.25) is 0 Å². The zero-order valence-corrected chi connectivity index (χ0v) is 17.3. The second-order valence-corrected chi connectivity index (χ2v) is 8.65. The first-order chi connectivity index (χ1) is 14.8. The van der Waals surface area contributed by atoms with Gasteiger partial charge in [0.25, 0.3) is 5.69 Å². The highest BCUT2D eigenvalue weighted by atomic mass is 16.7. The van der Waals surface area contributed by atoms with Crippen molar-refractivity contribution >= 4 is 23.7 Å². The van der Waals surface area contributed by atoms with Gasteiger partial charge in [0, 0.05) is 18.2 Å². The molecule has 9 heteroatoms. The molecule has 0 N–H and O–H groups in total. The highest BCUT2D eigenvalue weighted by molar-refractivity contribution is 6.06. The van der Waals surface area contributed by atoms with Crippen molar-refractivity contribution in [1.82, 2.24) is 4.90 Å². The minimum atomic E-state index is -0.918. The number of nitrogens with zero attached hydrogens (tertiary/aromatic N) is 2. The molecule has 6 unspecified atom stereocenters. The van der Waals surface area contributed by atoms with Crippen molar-refractivity contribution in [1.29, 1.82) is 0 Å². The molecule has 0 radical (unpaired) electrons. The molecular formula is C22H24N2O7. The smallest absolute Gasteiger partial charge is 0.434 e. The molecule has 0 aromatic heterocycles. The molecule has 2 aliphatic carbocycles. The fourth-order valence-corrected chi connectivity index (χ4v) is 5.09. The number of allylic oxidation sites excluding steroid dienone is 2. The highest BCUT2D eigenvalue weighted by Crippen LogP contribution is 2.53. The van der Waals surface area contributed by atoms with Gasteiger partial charge in [-0.1, -0.05) is 19.1 Å². The first-order valence-electron chi connectivity index (χ1n) is 10.4. The summed E-state index contributed by atoms with van der Waals surface area (Å²) in [5.74, 6) is -0.191. The van der Waals surface area contributed by atoms with Crippen molar-refractivity contribution in [2.24, 2.45) is 29.6 Å². The molecule has 1 heterocycles. The lowest BCUT2D eigenvalue weighted by atomic mass is 9.85. The van der Waals surface area contributed by atoms with Gasteiger partial charge in [-0.25, -0.2) is 4.79 Å². The molecule has 1 aromatic rings. The summed E-state index contributed by atoms with van der Waals surface area (Å²) in [5, 5.41) is 10.7. The van der Waals surface area contributed by atoms with Crippen molar-refractivity contribution in [3.63, 3.8) is 0 Å². The van der Waals surface area contributed by atoms with Crippen LogP contribution in [0.3, 0.4) is 0 Å². The Balaban J connectivity index is 1.25. The van der Waals surface area contributed by atoms with Crippen LogP contribution in [0.5, 0.6) is 5.75 Å². The number of nitro benzene ring substituents is 1. The van der Waals surface area contributed by atoms with E-state index in [4.69, 9.17) is 9.47 Å². The van der Waals surface area contributed by atoms with Gasteiger partial charge >= 0.3 is 6.16 Å². The summed E-state index contributed by atoms with van der Waals surface area (Å²) in [5.41, 5.74) is -0.109. The van der Waals surface area contributed by atoms with Crippen LogP contribution in [-0.2, 0) is 14.3 Å². The fourth-order valence-electron chi connectivity index (χ4n) is 5.09. The number of hydrogen-bond acceptors (Lipinski definition) is 7. The predicted octanol–water partition coefficient (Wildman–Crippen LogP) is 3.33. The number of hydrogen-bond donors (Lipinski definition) is 0. The molecule has 1 aromatic carbocycles. The Hall–Kier alpha value is -3.23. The molecule has 164 valence electrons. The van der Waals surface area contributed by atoms with E-state index in [1.165, 1.54) is 29.2 Å². The number of amides is 2. The molecule has 2 amide bonds. The van der Waals surface area contributed by atoms with E-state index in [1.54, 1.807) is 0 Å². The van der Waals surface area contributed by atoms with Crippen LogP contribution in [-0.4, -0.2) is 40.4 Å². The number of non-ortho nitro benzene ring substituents is 1. The molecule has 3 aliphatic rings. The molecule has 0 spiro atoms. The number of benzene rings is 1. The molecule has 4 rings (SSSR count). The number of fused-ring (bicyclic) bond motifs is 5. The minimum absolute atomic E-state index is 0.0615. The zero-order valence-electron chi connectivity index (χ0n) is 17.3. The molecule has 2 bridgehead atoms. The van der Waals surface area contributed by atoms with E-state index in [-0.39, 0.29) is 65.5 Å². The maximum absolute atomic E-state index is 12.9. The summed E-state index contributed by atoms with van der Waals surface area (Å²) in [6.07, 6.45) is 4.62. The Labute approximate surface area is 179 Å². The second kappa shape index (κ2) is 8.13. The van der Waals surface area contributed by atoms with Gasteiger partial charge in [-0.2, -0.15) is 0 Å². The number of rotatable bonds is 7. The standard InChI is InChI=1S/C22H24N2O7/c1-12(11-30-22(27)31-17-7-5-16(6-8-17)24(28)29)9-13(2)23-20(25)18-14-3-4-15(10-14)19(18)21(23)26/h3-8,12-15,18-19H,9-11H2,1-2H3. The van der Waals surface area contributed by atoms with Crippen LogP contribution in [0, 0.1) is 39.7 Å². The topological polar surface area (TPSA) is 116 Å². The summed E-state index contributed by atoms with van der Waals surface area (Å²) in [6, 6.07) is 4.81. The van der Waals surface area contributed by atoms with Crippen LogP contribution in [0.25, 0.3) is 0 Å². The van der Waals surface area contributed by atoms with Crippen LogP contribution in [0.1, 0.15) is 26.7 Å². The normalized spacial score (nSPS) is 27.9. The third-order valence-electron chi connectivity index (χ3n) is 6.42. The quantitative estimate of drug-likeness (QED) is 0.163. The van der Waals surface area contributed by atoms with E-state index in [0.717, 1.165) is 6.42 Å². The van der Waals surface area contributed by atoms with Gasteiger partial charge in [0.15, 0.2) is 0 Å². The first-order valence-corrected chi connectivity index (χ1v) is 10.4. The van der Waals surface area contributed by atoms with E-state index >= 15 is 0 Å². The van der Waals surface area contributed by atoms with Gasteiger partial charge in [-0.05, 0) is 49.7 Å². The van der Waals surface area contributed by atoms with Crippen molar-refractivity contribution in [3.8, 4) is 5.75 Å². The van der Waals surface area contributed by atoms with Crippen molar-refractivity contribution in [3.05, 3.63) is 46.5 Å². The van der Waals surface area contributed by atoms with Crippen LogP contribution >= 0.6 is 0 Å². The van der Waals surface area contributed by atoms with Crippen LogP contribution in [0.15, 0.2) is 36.4 Å². The predicted molar refractivity (Wildman–Crippen MR) is 108 cm³/mol. The number of nitro groups is 1. The van der Waals surface area contributed by atoms with Crippen LogP contribution < -0.4 is 4.74 Å². The maximum atomic E-state index is 12.9. The Bertz CT molecular complexity index is 912. The maximum Gasteiger partial charge on any atom is 0.513 e. The average Bonchev–Trinajstić information content (AvgIpc) is 3.40. The zero-order chi connectivity index (χ0) is 22.3. The summed E-state index contributed by atoms with van der Waals surface area (Å²) >= 11 is 0. The summed E-state index contributed by atoms with van der Waals surface area (Å²) in [4.78, 5) is 49.1. The van der Waals surface area contributed by atoms with Gasteiger partial charge in [0.2, 0.25) is 11.8 Å². The van der Waals surface area contributed by atoms with Crippen LogP contribution in [0.4, 0.5) is 10.5 Å². The monoisotopic (exact) mass is 428 g/mol. The second-order valence-electron chi connectivity index (χ2n) is 8.65. The molecule has 6 atom stereocenters. The molecule has 1 saturated carbocycles. The first kappa shape index (κ1) is 21.0. The number of imide groups is 1. The SMILES string of the molecule is CC(COC(=O)Oc1ccc([N+](=O)[O-])cc1)CC(C)N1C(=O)C2C3C=CC(C3)C2C1=O. The van der Waals surface area contributed by atoms with E-state index in [9.17, 15) is 24.5 Å². The van der Waals surface area contributed by atoms with E-state index in [1.807, 2.05) is 13.8 Å². The third kappa shape index (κ3) is 3.92. The molecule has 1 aliphatic heterocycles. The Morgan fingerprint density at radius 2 is 1.71 bits per heavy atom. The molecule has 9 nitrogen and oxygen atoms in total. The van der Waals surface area contributed by atoms with Crippen molar-refractivity contribution in [2.45, 2.75) is 32.7 Å². The lowest BCUT2D eigenvalue weighted by Crippen LogP contribution is -2.41. The van der Waals surface area contributed by atoms with E-state index in [0.29, 0.717) is 6.42 Å². The van der Waals surface area contributed by atoms with Gasteiger partial charge in [0.1, 0.15) is 5.75 Å². The van der Waals surface area contributed by atoms with Gasteiger partial charge in [-0.3, -0.25) is 24.6 Å². The Morgan fingerprint density at radius 3 is 2.26 bits per heavy atom. The van der Waals surface area contributed by atoms with E-state index < -0.39 is 11.1 Å². The highest BCUT2D eigenvalue weighted by Gasteiger charge is 2.59. The number of ether oxygens (including phenoxy) is 2. The Morgan fingerprint density at radius 1 is 1.13 bits per heavy atom. The summed E-state index contributed by atoms with van der Waals surface area (Å²) < 4.78 is 10.1. The van der Waals surface area contributed by atoms with E-state index in [2.05, 4.69) is 12.2 Å². The average molecular weight is 428 g/mol. The Kier molecular flexibility index (Phi) is 5.51. The third-order valence-corrected chi connectivity index (χ3v) is 6.42. The fraction of sp³-hybridized carbons (Fsp3) is 0.500. The lowest BCUT2D eigenvalue weighted by Gasteiger charge is -2.26. The molecule has 31 heavy (non-hydrogen) atoms. The van der Waals surface area contributed by atoms with Gasteiger partial charge < -0.3 is 9.47 Å². The largest absolute Gasteiger partial charge is 0.513 e. The number of carbonyl (C=O) groups excluding carboxylic acids is 3. The van der Waals surface area contributed by atoms with Crippen molar-refractivity contribution < 1.29 is 28.8 Å². The molecular weight excluding hydrogens is 404 g/mol. The number of likely N-dealkylation sites (tertiary alicyclic amines) is 1. The van der Waals surface area contributed by atoms with Gasteiger partial charge in [-0.15, -0.1) is 0 Å². The molecule has 2 fully saturated rings. The summed E-state index contributed by atoms with van der Waals surface area (Å²) in [7, 11) is 0. The lowest BCUT2D eigenvalue weighted by molar-refractivity contribution is -0.384. The summed E-state index contributed by atoms with van der Waals surface area (Å²) in [6.45, 7) is 3.77. The molecule has 1 saturated heterocycles. The minimum Gasteiger partial charge on any atom is -0.434 e.